The molecule has 3 aromatic heterocycles. The lowest BCUT2D eigenvalue weighted by Crippen LogP contribution is -2.37. The normalized spacial score (nSPS) is 11.0. The van der Waals surface area contributed by atoms with Crippen molar-refractivity contribution in [2.45, 2.75) is 13.5 Å². The van der Waals surface area contributed by atoms with Gasteiger partial charge in [-0.1, -0.05) is 35.3 Å². The van der Waals surface area contributed by atoms with Crippen LogP contribution in [0, 0.1) is 6.92 Å². The van der Waals surface area contributed by atoms with E-state index in [0.717, 1.165) is 15.9 Å². The fourth-order valence-electron chi connectivity index (χ4n) is 4.42. The number of anilines is 3. The average Bonchev–Trinajstić information content (AvgIpc) is 3.36. The number of likely N-dealkylation sites (N-methyl/N-ethyl adjacent to an activating group) is 1. The number of hydrogen-bond donors (Lipinski definition) is 3. The standard InChI is InChI=1S/C33H28BrCl2N7O4/c1-20-31(34)43-16-4-6-27(32(43)39-20)47-19-24-25(35)12-13-26(30(24)36)42(2)29(45)18-38-28(44)14-9-21-7-10-22(11-8-21)40-33(46)41-23-5-3-15-37-17-23/h3-17H,18-19H2,1-2H3,(H,38,44)(H2,40,41,46). The number of amides is 4. The van der Waals surface area contributed by atoms with Gasteiger partial charge in [0.1, 0.15) is 11.2 Å². The summed E-state index contributed by atoms with van der Waals surface area (Å²) in [5.41, 5.74) is 4.20. The third kappa shape index (κ3) is 8.28. The number of aromatic nitrogens is 3. The molecule has 0 aliphatic rings. The highest BCUT2D eigenvalue weighted by atomic mass is 79.9. The minimum atomic E-state index is -0.462. The van der Waals surface area contributed by atoms with Crippen LogP contribution in [0.25, 0.3) is 11.7 Å². The van der Waals surface area contributed by atoms with Gasteiger partial charge < -0.3 is 25.6 Å². The zero-order valence-electron chi connectivity index (χ0n) is 25.1. The van der Waals surface area contributed by atoms with Crippen molar-refractivity contribution in [3.8, 4) is 5.75 Å². The molecule has 5 aromatic rings. The van der Waals surface area contributed by atoms with E-state index in [1.54, 1.807) is 73.9 Å². The minimum Gasteiger partial charge on any atom is -0.485 e. The number of ether oxygens (including phenoxy) is 1. The molecular formula is C33H28BrCl2N7O4. The number of rotatable bonds is 10. The molecule has 0 bridgehead atoms. The SMILES string of the molecule is Cc1nc2c(OCc3c(Cl)ccc(N(C)C(=O)CNC(=O)C=Cc4ccc(NC(=O)Nc5cccnc5)cc4)c3Cl)cccn2c1Br. The average molecular weight is 737 g/mol. The van der Waals surface area contributed by atoms with Crippen LogP contribution in [0.4, 0.5) is 21.9 Å². The fraction of sp³-hybridized carbons (Fsp3) is 0.121. The Morgan fingerprint density at radius 3 is 2.53 bits per heavy atom. The summed E-state index contributed by atoms with van der Waals surface area (Å²) in [6.07, 6.45) is 7.93. The Labute approximate surface area is 288 Å². The molecule has 5 rings (SSSR count). The molecule has 2 aromatic carbocycles. The molecule has 3 N–H and O–H groups in total. The van der Waals surface area contributed by atoms with Crippen molar-refractivity contribution in [2.24, 2.45) is 0 Å². The summed E-state index contributed by atoms with van der Waals surface area (Å²) in [5, 5.41) is 8.61. The van der Waals surface area contributed by atoms with E-state index in [4.69, 9.17) is 27.9 Å². The highest BCUT2D eigenvalue weighted by Gasteiger charge is 2.20. The topological polar surface area (TPSA) is 130 Å². The van der Waals surface area contributed by atoms with Gasteiger partial charge in [0, 0.05) is 41.8 Å². The molecule has 0 aliphatic heterocycles. The predicted molar refractivity (Wildman–Crippen MR) is 187 cm³/mol. The number of imidazole rings is 1. The van der Waals surface area contributed by atoms with E-state index in [-0.39, 0.29) is 18.2 Å². The molecule has 0 spiro atoms. The van der Waals surface area contributed by atoms with Crippen molar-refractivity contribution in [3.05, 3.63) is 117 Å². The van der Waals surface area contributed by atoms with Crippen molar-refractivity contribution in [1.29, 1.82) is 0 Å². The van der Waals surface area contributed by atoms with Gasteiger partial charge in [0.05, 0.1) is 34.8 Å². The zero-order chi connectivity index (χ0) is 33.5. The van der Waals surface area contributed by atoms with Crippen molar-refractivity contribution in [1.82, 2.24) is 19.7 Å². The summed E-state index contributed by atoms with van der Waals surface area (Å²) in [6, 6.07) is 16.8. The number of nitrogens with one attached hydrogen (secondary N) is 3. The number of benzene rings is 2. The predicted octanol–water partition coefficient (Wildman–Crippen LogP) is 7.12. The third-order valence-corrected chi connectivity index (χ3v) is 8.65. The van der Waals surface area contributed by atoms with E-state index in [0.29, 0.717) is 39.0 Å². The van der Waals surface area contributed by atoms with Crippen LogP contribution in [0.15, 0.2) is 89.9 Å². The number of carbonyl (C=O) groups excluding carboxylic acids is 3. The first kappa shape index (κ1) is 33.5. The van der Waals surface area contributed by atoms with Gasteiger partial charge in [-0.2, -0.15) is 0 Å². The van der Waals surface area contributed by atoms with Gasteiger partial charge in [0.2, 0.25) is 11.8 Å². The summed E-state index contributed by atoms with van der Waals surface area (Å²) in [5.74, 6) is -0.322. The van der Waals surface area contributed by atoms with E-state index in [9.17, 15) is 14.4 Å². The van der Waals surface area contributed by atoms with Crippen LogP contribution in [-0.2, 0) is 16.2 Å². The quantitative estimate of drug-likeness (QED) is 0.131. The first-order valence-corrected chi connectivity index (χ1v) is 15.7. The summed E-state index contributed by atoms with van der Waals surface area (Å²) in [4.78, 5) is 47.4. The lowest BCUT2D eigenvalue weighted by molar-refractivity contribution is -0.122. The van der Waals surface area contributed by atoms with Crippen LogP contribution in [0.3, 0.4) is 0 Å². The van der Waals surface area contributed by atoms with Crippen molar-refractivity contribution in [2.75, 3.05) is 29.1 Å². The third-order valence-electron chi connectivity index (χ3n) is 6.92. The molecule has 0 radical (unpaired) electrons. The first-order valence-electron chi connectivity index (χ1n) is 14.1. The van der Waals surface area contributed by atoms with Crippen molar-refractivity contribution in [3.63, 3.8) is 0 Å². The highest BCUT2D eigenvalue weighted by molar-refractivity contribution is 9.10. The van der Waals surface area contributed by atoms with Gasteiger partial charge >= 0.3 is 6.03 Å². The molecule has 0 saturated heterocycles. The molecule has 3 heterocycles. The Kier molecular flexibility index (Phi) is 10.8. The van der Waals surface area contributed by atoms with Crippen LogP contribution in [0.1, 0.15) is 16.8 Å². The molecule has 0 fully saturated rings. The Balaban J connectivity index is 1.14. The number of carbonyl (C=O) groups is 3. The Morgan fingerprint density at radius 1 is 1.02 bits per heavy atom. The van der Waals surface area contributed by atoms with Crippen LogP contribution in [0.2, 0.25) is 10.0 Å². The second kappa shape index (κ2) is 15.1. The molecule has 4 amide bonds. The smallest absolute Gasteiger partial charge is 0.323 e. The number of aryl methyl sites for hydroxylation is 1. The Morgan fingerprint density at radius 2 is 1.79 bits per heavy atom. The van der Waals surface area contributed by atoms with E-state index < -0.39 is 17.8 Å². The molecule has 11 nitrogen and oxygen atoms in total. The van der Waals surface area contributed by atoms with Crippen molar-refractivity contribution < 1.29 is 19.1 Å². The van der Waals surface area contributed by atoms with Gasteiger partial charge in [-0.05, 0) is 83.0 Å². The van der Waals surface area contributed by atoms with Crippen LogP contribution in [0.5, 0.6) is 5.75 Å². The second-order valence-electron chi connectivity index (χ2n) is 10.1. The van der Waals surface area contributed by atoms with Crippen LogP contribution in [-0.4, -0.2) is 45.8 Å². The number of hydrogen-bond acceptors (Lipinski definition) is 6. The van der Waals surface area contributed by atoms with E-state index in [2.05, 4.69) is 41.8 Å². The molecule has 14 heteroatoms. The number of pyridine rings is 2. The minimum absolute atomic E-state index is 0.0356. The molecule has 0 atom stereocenters. The molecule has 0 saturated carbocycles. The summed E-state index contributed by atoms with van der Waals surface area (Å²) in [6.45, 7) is 1.65. The number of halogens is 3. The Bertz CT molecular complexity index is 1970. The molecular weight excluding hydrogens is 709 g/mol. The maximum atomic E-state index is 13.0. The summed E-state index contributed by atoms with van der Waals surface area (Å²) >= 11 is 16.7. The lowest BCUT2D eigenvalue weighted by atomic mass is 10.2. The van der Waals surface area contributed by atoms with Gasteiger partial charge in [-0.3, -0.25) is 19.0 Å². The van der Waals surface area contributed by atoms with E-state index in [1.165, 1.54) is 17.2 Å². The second-order valence-corrected chi connectivity index (χ2v) is 11.7. The summed E-state index contributed by atoms with van der Waals surface area (Å²) in [7, 11) is 1.56. The van der Waals surface area contributed by atoms with Gasteiger partial charge in [0.25, 0.3) is 0 Å². The summed E-state index contributed by atoms with van der Waals surface area (Å²) < 4.78 is 8.74. The van der Waals surface area contributed by atoms with Gasteiger partial charge in [-0.25, -0.2) is 9.78 Å². The lowest BCUT2D eigenvalue weighted by Gasteiger charge is -2.21. The highest BCUT2D eigenvalue weighted by Crippen LogP contribution is 2.35. The monoisotopic (exact) mass is 735 g/mol. The maximum Gasteiger partial charge on any atom is 0.323 e. The van der Waals surface area contributed by atoms with Crippen LogP contribution < -0.4 is 25.6 Å². The van der Waals surface area contributed by atoms with E-state index >= 15 is 0 Å². The number of nitrogens with zero attached hydrogens (tertiary/aromatic N) is 4. The van der Waals surface area contributed by atoms with Gasteiger partial charge in [0.15, 0.2) is 11.4 Å². The molecule has 47 heavy (non-hydrogen) atoms. The Hall–Kier alpha value is -4.91. The zero-order valence-corrected chi connectivity index (χ0v) is 28.2. The number of fused-ring (bicyclic) bond motifs is 1. The van der Waals surface area contributed by atoms with Gasteiger partial charge in [-0.15, -0.1) is 0 Å². The first-order chi connectivity index (χ1) is 22.6. The largest absolute Gasteiger partial charge is 0.485 e. The van der Waals surface area contributed by atoms with E-state index in [1.807, 2.05) is 23.6 Å². The van der Waals surface area contributed by atoms with Crippen LogP contribution >= 0.6 is 39.1 Å². The fourth-order valence-corrected chi connectivity index (χ4v) is 5.40. The molecule has 0 aliphatic carbocycles. The maximum absolute atomic E-state index is 13.0. The molecule has 240 valence electrons. The van der Waals surface area contributed by atoms with Crippen molar-refractivity contribution >= 4 is 85.8 Å². The number of urea groups is 1. The molecule has 0 unspecified atom stereocenters.